The average molecular weight is 269 g/mol. The van der Waals surface area contributed by atoms with Crippen molar-refractivity contribution in [2.75, 3.05) is 5.32 Å². The van der Waals surface area contributed by atoms with Crippen LogP contribution in [0.1, 0.15) is 37.7 Å². The molecule has 0 aliphatic carbocycles. The predicted octanol–water partition coefficient (Wildman–Crippen LogP) is 2.42. The predicted molar refractivity (Wildman–Crippen MR) is 77.1 cm³/mol. The molecule has 0 radical (unpaired) electrons. The zero-order valence-electron chi connectivity index (χ0n) is 11.4. The van der Waals surface area contributed by atoms with E-state index in [0.717, 1.165) is 18.5 Å². The van der Waals surface area contributed by atoms with Crippen LogP contribution in [0.2, 0.25) is 0 Å². The van der Waals surface area contributed by atoms with Crippen molar-refractivity contribution in [3.8, 4) is 6.07 Å². The third kappa shape index (κ3) is 3.00. The van der Waals surface area contributed by atoms with Crippen LogP contribution in [0, 0.1) is 17.2 Å². The monoisotopic (exact) mass is 269 g/mol. The van der Waals surface area contributed by atoms with Gasteiger partial charge in [0.25, 0.3) is 0 Å². The average Bonchev–Trinajstić information content (AvgIpc) is 2.78. The van der Waals surface area contributed by atoms with E-state index in [4.69, 9.17) is 5.26 Å². The number of carbonyl (C=O) groups is 1. The summed E-state index contributed by atoms with van der Waals surface area (Å²) in [5.41, 5.74) is 1.38. The summed E-state index contributed by atoms with van der Waals surface area (Å²) in [7, 11) is 0. The maximum atomic E-state index is 12.1. The topological polar surface area (TPSA) is 64.9 Å². The van der Waals surface area contributed by atoms with Crippen molar-refractivity contribution in [3.63, 3.8) is 0 Å². The number of nitriles is 1. The van der Waals surface area contributed by atoms with Crippen LogP contribution < -0.4 is 10.6 Å². The first-order valence-corrected chi connectivity index (χ1v) is 7.29. The van der Waals surface area contributed by atoms with Crippen LogP contribution in [-0.2, 0) is 4.79 Å². The SMILES string of the molecule is N#Cc1ccc(NC(=O)CC2CC3CCC(C2)N3)cc1. The lowest BCUT2D eigenvalue weighted by Crippen LogP contribution is -2.39. The molecule has 0 aromatic heterocycles. The highest BCUT2D eigenvalue weighted by atomic mass is 16.1. The van der Waals surface area contributed by atoms with Crippen LogP contribution in [0.3, 0.4) is 0 Å². The Kier molecular flexibility index (Phi) is 3.70. The Morgan fingerprint density at radius 1 is 1.25 bits per heavy atom. The van der Waals surface area contributed by atoms with E-state index >= 15 is 0 Å². The number of anilines is 1. The molecule has 2 aliphatic rings. The van der Waals surface area contributed by atoms with Gasteiger partial charge < -0.3 is 10.6 Å². The van der Waals surface area contributed by atoms with Gasteiger partial charge in [0.05, 0.1) is 11.6 Å². The molecule has 2 bridgehead atoms. The summed E-state index contributed by atoms with van der Waals surface area (Å²) in [6.07, 6.45) is 5.38. The molecule has 3 rings (SSSR count). The Hall–Kier alpha value is -1.86. The Labute approximate surface area is 119 Å². The van der Waals surface area contributed by atoms with Crippen molar-refractivity contribution in [2.45, 2.75) is 44.2 Å². The molecular weight excluding hydrogens is 250 g/mol. The van der Waals surface area contributed by atoms with E-state index in [2.05, 4.69) is 16.7 Å². The summed E-state index contributed by atoms with van der Waals surface area (Å²) in [6, 6.07) is 10.3. The quantitative estimate of drug-likeness (QED) is 0.885. The fraction of sp³-hybridized carbons (Fsp3) is 0.500. The minimum Gasteiger partial charge on any atom is -0.326 e. The molecule has 2 unspecified atom stereocenters. The Morgan fingerprint density at radius 2 is 1.90 bits per heavy atom. The van der Waals surface area contributed by atoms with Gasteiger partial charge in [-0.3, -0.25) is 4.79 Å². The first-order valence-electron chi connectivity index (χ1n) is 7.29. The molecule has 2 aliphatic heterocycles. The van der Waals surface area contributed by atoms with E-state index in [1.165, 1.54) is 12.8 Å². The van der Waals surface area contributed by atoms with E-state index in [9.17, 15) is 4.79 Å². The molecular formula is C16H19N3O. The van der Waals surface area contributed by atoms with Gasteiger partial charge in [0.1, 0.15) is 0 Å². The summed E-state index contributed by atoms with van der Waals surface area (Å²) >= 11 is 0. The molecule has 4 heteroatoms. The van der Waals surface area contributed by atoms with Gasteiger partial charge in [-0.25, -0.2) is 0 Å². The Bertz CT molecular complexity index is 520. The van der Waals surface area contributed by atoms with Crippen LogP contribution in [-0.4, -0.2) is 18.0 Å². The zero-order chi connectivity index (χ0) is 13.9. The maximum absolute atomic E-state index is 12.1. The van der Waals surface area contributed by atoms with Gasteiger partial charge in [-0.2, -0.15) is 5.26 Å². The van der Waals surface area contributed by atoms with Crippen molar-refractivity contribution in [1.29, 1.82) is 5.26 Å². The van der Waals surface area contributed by atoms with E-state index < -0.39 is 0 Å². The minimum absolute atomic E-state index is 0.0843. The fourth-order valence-electron chi connectivity index (χ4n) is 3.44. The summed E-state index contributed by atoms with van der Waals surface area (Å²) in [4.78, 5) is 12.1. The van der Waals surface area contributed by atoms with E-state index in [-0.39, 0.29) is 5.91 Å². The Morgan fingerprint density at radius 3 is 2.50 bits per heavy atom. The molecule has 1 aromatic carbocycles. The highest BCUT2D eigenvalue weighted by Crippen LogP contribution is 2.32. The van der Waals surface area contributed by atoms with Gasteiger partial charge in [-0.05, 0) is 55.9 Å². The van der Waals surface area contributed by atoms with E-state index in [1.807, 2.05) is 0 Å². The molecule has 1 amide bonds. The van der Waals surface area contributed by atoms with Crippen molar-refractivity contribution in [3.05, 3.63) is 29.8 Å². The highest BCUT2D eigenvalue weighted by Gasteiger charge is 2.34. The number of hydrogen-bond acceptors (Lipinski definition) is 3. The van der Waals surface area contributed by atoms with Gasteiger partial charge >= 0.3 is 0 Å². The van der Waals surface area contributed by atoms with Crippen LogP contribution >= 0.6 is 0 Å². The number of nitrogens with one attached hydrogen (secondary N) is 2. The zero-order valence-corrected chi connectivity index (χ0v) is 11.4. The van der Waals surface area contributed by atoms with Crippen molar-refractivity contribution in [2.24, 2.45) is 5.92 Å². The number of nitrogens with zero attached hydrogens (tertiary/aromatic N) is 1. The number of hydrogen-bond donors (Lipinski definition) is 2. The van der Waals surface area contributed by atoms with E-state index in [1.54, 1.807) is 24.3 Å². The maximum Gasteiger partial charge on any atom is 0.224 e. The molecule has 2 heterocycles. The van der Waals surface area contributed by atoms with Crippen LogP contribution in [0.4, 0.5) is 5.69 Å². The molecule has 0 saturated carbocycles. The van der Waals surface area contributed by atoms with Gasteiger partial charge in [0, 0.05) is 24.2 Å². The van der Waals surface area contributed by atoms with Gasteiger partial charge in [-0.1, -0.05) is 0 Å². The third-order valence-corrected chi connectivity index (χ3v) is 4.34. The van der Waals surface area contributed by atoms with Gasteiger partial charge in [0.15, 0.2) is 0 Å². The minimum atomic E-state index is 0.0843. The van der Waals surface area contributed by atoms with Crippen molar-refractivity contribution < 1.29 is 4.79 Å². The summed E-state index contributed by atoms with van der Waals surface area (Å²) in [6.45, 7) is 0. The summed E-state index contributed by atoms with van der Waals surface area (Å²) in [5, 5.41) is 15.3. The fourth-order valence-corrected chi connectivity index (χ4v) is 3.44. The molecule has 2 N–H and O–H groups in total. The molecule has 2 fully saturated rings. The number of piperidine rings is 1. The van der Waals surface area contributed by atoms with Crippen LogP contribution in [0.25, 0.3) is 0 Å². The molecule has 20 heavy (non-hydrogen) atoms. The molecule has 2 saturated heterocycles. The Balaban J connectivity index is 1.53. The molecule has 1 aromatic rings. The van der Waals surface area contributed by atoms with Crippen molar-refractivity contribution in [1.82, 2.24) is 5.32 Å². The third-order valence-electron chi connectivity index (χ3n) is 4.34. The first kappa shape index (κ1) is 13.1. The molecule has 4 nitrogen and oxygen atoms in total. The summed E-state index contributed by atoms with van der Waals surface area (Å²) in [5.74, 6) is 0.591. The largest absolute Gasteiger partial charge is 0.326 e. The standard InChI is InChI=1S/C16H19N3O/c17-10-11-1-3-13(4-2-11)19-16(20)9-12-7-14-5-6-15(8-12)18-14/h1-4,12,14-15,18H,5-9H2,(H,19,20). The van der Waals surface area contributed by atoms with Gasteiger partial charge in [-0.15, -0.1) is 0 Å². The second-order valence-electron chi connectivity index (χ2n) is 5.92. The van der Waals surface area contributed by atoms with Crippen LogP contribution in [0.5, 0.6) is 0 Å². The normalized spacial score (nSPS) is 27.9. The number of benzene rings is 1. The lowest BCUT2D eigenvalue weighted by atomic mass is 9.89. The second kappa shape index (κ2) is 5.64. The van der Waals surface area contributed by atoms with E-state index in [0.29, 0.717) is 30.0 Å². The molecule has 104 valence electrons. The lowest BCUT2D eigenvalue weighted by molar-refractivity contribution is -0.117. The molecule has 2 atom stereocenters. The number of fused-ring (bicyclic) bond motifs is 2. The number of amides is 1. The van der Waals surface area contributed by atoms with Gasteiger partial charge in [0.2, 0.25) is 5.91 Å². The lowest BCUT2D eigenvalue weighted by Gasteiger charge is -2.28. The highest BCUT2D eigenvalue weighted by molar-refractivity contribution is 5.90. The summed E-state index contributed by atoms with van der Waals surface area (Å²) < 4.78 is 0. The number of carbonyl (C=O) groups excluding carboxylic acids is 1. The second-order valence-corrected chi connectivity index (χ2v) is 5.92. The smallest absolute Gasteiger partial charge is 0.224 e. The first-order chi connectivity index (χ1) is 9.72. The molecule has 0 spiro atoms. The van der Waals surface area contributed by atoms with Crippen molar-refractivity contribution >= 4 is 11.6 Å². The number of rotatable bonds is 3. The van der Waals surface area contributed by atoms with Crippen LogP contribution in [0.15, 0.2) is 24.3 Å².